The van der Waals surface area contributed by atoms with Crippen molar-refractivity contribution in [2.45, 2.75) is 18.2 Å². The Bertz CT molecular complexity index is 777. The molecule has 0 saturated carbocycles. The molecule has 0 spiro atoms. The molecule has 2 rings (SSSR count). The summed E-state index contributed by atoms with van der Waals surface area (Å²) in [7, 11) is 0.315. The second-order valence-electron chi connectivity index (χ2n) is 5.01. The van der Waals surface area contributed by atoms with E-state index >= 15 is 0 Å². The van der Waals surface area contributed by atoms with E-state index in [0.717, 1.165) is 0 Å². The number of methoxy groups -OCH3 is 1. The van der Waals surface area contributed by atoms with Gasteiger partial charge >= 0.3 is 5.97 Å². The predicted octanol–water partition coefficient (Wildman–Crippen LogP) is 1.93. The van der Waals surface area contributed by atoms with Crippen LogP contribution in [0.4, 0.5) is 0 Å². The molecule has 0 aliphatic rings. The van der Waals surface area contributed by atoms with Crippen LogP contribution in [0.5, 0.6) is 5.75 Å². The van der Waals surface area contributed by atoms with Crippen molar-refractivity contribution in [1.82, 2.24) is 4.98 Å². The van der Waals surface area contributed by atoms with E-state index in [-0.39, 0.29) is 17.9 Å². The topological polar surface area (TPSA) is 96.5 Å². The Morgan fingerprint density at radius 3 is 2.35 bits per heavy atom. The van der Waals surface area contributed by atoms with Gasteiger partial charge in [-0.1, -0.05) is 0 Å². The van der Waals surface area contributed by atoms with Gasteiger partial charge < -0.3 is 14.8 Å². The van der Waals surface area contributed by atoms with E-state index in [2.05, 4.69) is 4.98 Å². The van der Waals surface area contributed by atoms with E-state index in [1.165, 1.54) is 7.11 Å². The molecule has 2 aromatic rings. The normalized spacial score (nSPS) is 12.0. The number of carbonyl (C=O) groups excluding carboxylic acids is 1. The summed E-state index contributed by atoms with van der Waals surface area (Å²) < 4.78 is 16.6. The third-order valence-electron chi connectivity index (χ3n) is 3.50. The van der Waals surface area contributed by atoms with Crippen LogP contribution in [0, 0.1) is 6.92 Å². The summed E-state index contributed by atoms with van der Waals surface area (Å²) in [5.74, 6) is -0.963. The number of ketones is 1. The number of hydrogen-bond acceptors (Lipinski definition) is 4. The van der Waals surface area contributed by atoms with Gasteiger partial charge in [-0.3, -0.25) is 13.8 Å². The molecule has 122 valence electrons. The van der Waals surface area contributed by atoms with Crippen LogP contribution in [0.15, 0.2) is 29.2 Å². The molecule has 0 fully saturated rings. The predicted molar refractivity (Wildman–Crippen MR) is 85.6 cm³/mol. The summed E-state index contributed by atoms with van der Waals surface area (Å²) in [4.78, 5) is 27.0. The molecule has 1 heterocycles. The van der Waals surface area contributed by atoms with Gasteiger partial charge in [0.2, 0.25) is 5.78 Å². The van der Waals surface area contributed by atoms with E-state index in [4.69, 9.17) is 9.84 Å². The lowest BCUT2D eigenvalue weighted by molar-refractivity contribution is -0.136. The van der Waals surface area contributed by atoms with Crippen LogP contribution in [0.3, 0.4) is 0 Å². The van der Waals surface area contributed by atoms with Crippen molar-refractivity contribution in [3.63, 3.8) is 0 Å². The second-order valence-corrected chi connectivity index (χ2v) is 6.39. The fourth-order valence-electron chi connectivity index (χ4n) is 2.31. The Morgan fingerprint density at radius 1 is 1.26 bits per heavy atom. The monoisotopic (exact) mass is 335 g/mol. The van der Waals surface area contributed by atoms with Gasteiger partial charge in [0.15, 0.2) is 5.75 Å². The number of hydrogen-bond donors (Lipinski definition) is 2. The number of benzene rings is 1. The Labute approximate surface area is 135 Å². The van der Waals surface area contributed by atoms with Crippen molar-refractivity contribution in [3.05, 3.63) is 46.8 Å². The van der Waals surface area contributed by atoms with Crippen LogP contribution < -0.4 is 4.74 Å². The van der Waals surface area contributed by atoms with Crippen molar-refractivity contribution >= 4 is 22.6 Å². The summed E-state index contributed by atoms with van der Waals surface area (Å²) in [5.41, 5.74) is 1.65. The molecule has 0 aliphatic heterocycles. The molecule has 23 heavy (non-hydrogen) atoms. The maximum atomic E-state index is 12.6. The van der Waals surface area contributed by atoms with E-state index in [1.807, 2.05) is 0 Å². The average Bonchev–Trinajstić information content (AvgIpc) is 2.82. The van der Waals surface area contributed by atoms with Crippen LogP contribution >= 0.6 is 0 Å². The van der Waals surface area contributed by atoms with Crippen molar-refractivity contribution in [2.24, 2.45) is 0 Å². The summed E-state index contributed by atoms with van der Waals surface area (Å²) >= 11 is 0. The Morgan fingerprint density at radius 2 is 1.87 bits per heavy atom. The highest BCUT2D eigenvalue weighted by molar-refractivity contribution is 7.84. The number of carbonyl (C=O) groups is 2. The average molecular weight is 335 g/mol. The SMILES string of the molecule is COc1c(C(=O)c2ccc(S(C)=O)cc2)[nH]c(CC(=O)O)c1C. The van der Waals surface area contributed by atoms with Crippen LogP contribution in [0.1, 0.15) is 27.3 Å². The third kappa shape index (κ3) is 3.50. The molecular weight excluding hydrogens is 318 g/mol. The lowest BCUT2D eigenvalue weighted by atomic mass is 10.1. The summed E-state index contributed by atoms with van der Waals surface area (Å²) in [6, 6.07) is 6.44. The fraction of sp³-hybridized carbons (Fsp3) is 0.250. The van der Waals surface area contributed by atoms with Gasteiger partial charge in [-0.2, -0.15) is 0 Å². The molecule has 0 aliphatic carbocycles. The van der Waals surface area contributed by atoms with Crippen molar-refractivity contribution in [1.29, 1.82) is 0 Å². The van der Waals surface area contributed by atoms with Gasteiger partial charge in [-0.25, -0.2) is 0 Å². The molecule has 0 amide bonds. The third-order valence-corrected chi connectivity index (χ3v) is 4.44. The molecule has 1 aromatic heterocycles. The van der Waals surface area contributed by atoms with Gasteiger partial charge in [0.25, 0.3) is 0 Å². The number of nitrogens with one attached hydrogen (secondary N) is 1. The number of aromatic nitrogens is 1. The smallest absolute Gasteiger partial charge is 0.309 e. The minimum atomic E-state index is -1.12. The first kappa shape index (κ1) is 17.0. The number of rotatable bonds is 6. The minimum absolute atomic E-state index is 0.214. The number of carboxylic acids is 1. The van der Waals surface area contributed by atoms with Crippen LogP contribution in [0.25, 0.3) is 0 Å². The maximum absolute atomic E-state index is 12.6. The largest absolute Gasteiger partial charge is 0.494 e. The molecule has 7 heteroatoms. The number of ether oxygens (including phenoxy) is 1. The van der Waals surface area contributed by atoms with Gasteiger partial charge in [0.1, 0.15) is 5.69 Å². The van der Waals surface area contributed by atoms with Crippen LogP contribution in [-0.4, -0.2) is 39.4 Å². The molecule has 6 nitrogen and oxygen atoms in total. The summed E-state index contributed by atoms with van der Waals surface area (Å²) in [6.07, 6.45) is 1.34. The van der Waals surface area contributed by atoms with E-state index in [1.54, 1.807) is 37.4 Å². The Balaban J connectivity index is 2.42. The maximum Gasteiger partial charge on any atom is 0.309 e. The van der Waals surface area contributed by atoms with Crippen LogP contribution in [0.2, 0.25) is 0 Å². The minimum Gasteiger partial charge on any atom is -0.494 e. The molecule has 1 unspecified atom stereocenters. The van der Waals surface area contributed by atoms with Gasteiger partial charge in [0, 0.05) is 38.8 Å². The van der Waals surface area contributed by atoms with E-state index < -0.39 is 16.8 Å². The second kappa shape index (κ2) is 6.78. The summed E-state index contributed by atoms with van der Waals surface area (Å²) in [6.45, 7) is 1.70. The molecule has 1 atom stereocenters. The first-order chi connectivity index (χ1) is 10.8. The first-order valence-electron chi connectivity index (χ1n) is 6.80. The van der Waals surface area contributed by atoms with E-state index in [9.17, 15) is 13.8 Å². The molecule has 1 aromatic carbocycles. The van der Waals surface area contributed by atoms with Gasteiger partial charge in [-0.05, 0) is 31.2 Å². The van der Waals surface area contributed by atoms with Crippen LogP contribution in [-0.2, 0) is 22.0 Å². The zero-order valence-electron chi connectivity index (χ0n) is 13.0. The quantitative estimate of drug-likeness (QED) is 0.786. The Hall–Kier alpha value is -2.41. The highest BCUT2D eigenvalue weighted by atomic mass is 32.2. The highest BCUT2D eigenvalue weighted by Crippen LogP contribution is 2.29. The lowest BCUT2D eigenvalue weighted by Crippen LogP contribution is -2.05. The van der Waals surface area contributed by atoms with Gasteiger partial charge in [-0.15, -0.1) is 0 Å². The van der Waals surface area contributed by atoms with Crippen molar-refractivity contribution < 1.29 is 23.6 Å². The molecule has 0 bridgehead atoms. The number of carboxylic acid groups (broad SMARTS) is 1. The molecule has 0 saturated heterocycles. The van der Waals surface area contributed by atoms with Crippen molar-refractivity contribution in [2.75, 3.05) is 13.4 Å². The molecular formula is C16H17NO5S. The Kier molecular flexibility index (Phi) is 5.00. The zero-order chi connectivity index (χ0) is 17.1. The lowest BCUT2D eigenvalue weighted by Gasteiger charge is -2.04. The molecule has 0 radical (unpaired) electrons. The zero-order valence-corrected chi connectivity index (χ0v) is 13.8. The summed E-state index contributed by atoms with van der Waals surface area (Å²) in [5, 5.41) is 8.93. The van der Waals surface area contributed by atoms with Crippen molar-refractivity contribution in [3.8, 4) is 5.75 Å². The molecule has 2 N–H and O–H groups in total. The van der Waals surface area contributed by atoms with Gasteiger partial charge in [0.05, 0.1) is 13.5 Å². The number of H-pyrrole nitrogens is 1. The highest BCUT2D eigenvalue weighted by Gasteiger charge is 2.22. The van der Waals surface area contributed by atoms with E-state index in [0.29, 0.717) is 27.5 Å². The fourth-order valence-corrected chi connectivity index (χ4v) is 2.83. The first-order valence-corrected chi connectivity index (χ1v) is 8.36. The number of aliphatic carboxylic acids is 1. The standard InChI is InChI=1S/C16H17NO5S/c1-9-12(8-13(18)19)17-14(16(9)22-2)15(20)10-4-6-11(7-5-10)23(3)21/h4-7,17H,8H2,1-3H3,(H,18,19). The number of aromatic amines is 1.